The first-order valence-electron chi connectivity index (χ1n) is 7.91. The molecule has 1 heterocycles. The maximum atomic E-state index is 3.72. The summed E-state index contributed by atoms with van der Waals surface area (Å²) in [4.78, 5) is 2.73. The van der Waals surface area contributed by atoms with Gasteiger partial charge < -0.3 is 5.32 Å². The molecule has 19 heavy (non-hydrogen) atoms. The molecule has 0 saturated heterocycles. The minimum Gasteiger partial charge on any atom is -0.308 e. The van der Waals surface area contributed by atoms with Crippen LogP contribution in [0.5, 0.6) is 0 Å². The van der Waals surface area contributed by atoms with Crippen LogP contribution in [0, 0.1) is 0 Å². The van der Waals surface area contributed by atoms with Crippen LogP contribution in [0.1, 0.15) is 43.7 Å². The molecule has 1 saturated carbocycles. The molecule has 1 fully saturated rings. The molecule has 1 atom stereocenters. The Kier molecular flexibility index (Phi) is 4.19. The summed E-state index contributed by atoms with van der Waals surface area (Å²) in [6.45, 7) is 5.87. The molecule has 3 rings (SSSR count). The number of unbranched alkanes of at least 4 members (excludes halogenated alkanes) is 1. The summed E-state index contributed by atoms with van der Waals surface area (Å²) in [5.41, 5.74) is 3.04. The summed E-state index contributed by atoms with van der Waals surface area (Å²) >= 11 is 0. The number of rotatable bonds is 6. The molecule has 1 aromatic carbocycles. The van der Waals surface area contributed by atoms with Crippen molar-refractivity contribution in [2.45, 2.75) is 57.7 Å². The predicted octanol–water partition coefficient (Wildman–Crippen LogP) is 2.97. The third-order valence-corrected chi connectivity index (χ3v) is 4.48. The van der Waals surface area contributed by atoms with Crippen LogP contribution in [0.25, 0.3) is 0 Å². The Morgan fingerprint density at radius 2 is 2.00 bits per heavy atom. The van der Waals surface area contributed by atoms with Crippen LogP contribution < -0.4 is 5.32 Å². The van der Waals surface area contributed by atoms with Crippen molar-refractivity contribution in [1.82, 2.24) is 10.2 Å². The number of fused-ring (bicyclic) bond motifs is 1. The van der Waals surface area contributed by atoms with Gasteiger partial charge in [-0.05, 0) is 43.4 Å². The molecule has 1 aliphatic heterocycles. The summed E-state index contributed by atoms with van der Waals surface area (Å²) in [5, 5.41) is 3.72. The third kappa shape index (κ3) is 3.37. The molecule has 104 valence electrons. The first kappa shape index (κ1) is 13.1. The van der Waals surface area contributed by atoms with Gasteiger partial charge in [0.15, 0.2) is 0 Å². The maximum absolute atomic E-state index is 3.72. The van der Waals surface area contributed by atoms with Gasteiger partial charge in [0.25, 0.3) is 0 Å². The molecular formula is C17H26N2. The minimum atomic E-state index is 0.646. The van der Waals surface area contributed by atoms with E-state index in [-0.39, 0.29) is 0 Å². The summed E-state index contributed by atoms with van der Waals surface area (Å²) in [7, 11) is 0. The van der Waals surface area contributed by atoms with E-state index < -0.39 is 0 Å². The average Bonchev–Trinajstić information content (AvgIpc) is 3.28. The molecule has 1 N–H and O–H groups in total. The van der Waals surface area contributed by atoms with Crippen molar-refractivity contribution in [3.63, 3.8) is 0 Å². The fraction of sp³-hybridized carbons (Fsp3) is 0.647. The van der Waals surface area contributed by atoms with Crippen molar-refractivity contribution in [2.24, 2.45) is 0 Å². The zero-order valence-electron chi connectivity index (χ0n) is 12.1. The highest BCUT2D eigenvalue weighted by Crippen LogP contribution is 2.28. The van der Waals surface area contributed by atoms with Crippen LogP contribution in [-0.4, -0.2) is 30.1 Å². The van der Waals surface area contributed by atoms with Crippen LogP contribution >= 0.6 is 0 Å². The molecule has 0 spiro atoms. The Hall–Kier alpha value is -0.860. The fourth-order valence-corrected chi connectivity index (χ4v) is 3.16. The highest BCUT2D eigenvalue weighted by Gasteiger charge is 2.30. The van der Waals surface area contributed by atoms with E-state index in [1.807, 2.05) is 0 Å². The zero-order chi connectivity index (χ0) is 13.1. The second-order valence-electron chi connectivity index (χ2n) is 6.13. The normalized spacial score (nSPS) is 22.5. The molecule has 2 nitrogen and oxygen atoms in total. The molecule has 0 amide bonds. The van der Waals surface area contributed by atoms with Crippen molar-refractivity contribution < 1.29 is 0 Å². The van der Waals surface area contributed by atoms with Crippen LogP contribution in [-0.2, 0) is 13.0 Å². The first-order valence-corrected chi connectivity index (χ1v) is 7.91. The topological polar surface area (TPSA) is 15.3 Å². The van der Waals surface area contributed by atoms with Crippen LogP contribution in [0.3, 0.4) is 0 Å². The monoisotopic (exact) mass is 258 g/mol. The fourth-order valence-electron chi connectivity index (χ4n) is 3.16. The van der Waals surface area contributed by atoms with Gasteiger partial charge >= 0.3 is 0 Å². The minimum absolute atomic E-state index is 0.646. The lowest BCUT2D eigenvalue weighted by Gasteiger charge is -2.31. The summed E-state index contributed by atoms with van der Waals surface area (Å²) in [6.07, 6.45) is 6.70. The van der Waals surface area contributed by atoms with E-state index in [9.17, 15) is 0 Å². The largest absolute Gasteiger partial charge is 0.308 e. The Bertz CT molecular complexity index is 411. The van der Waals surface area contributed by atoms with E-state index in [2.05, 4.69) is 41.4 Å². The molecule has 1 aliphatic carbocycles. The van der Waals surface area contributed by atoms with Gasteiger partial charge in [-0.25, -0.2) is 0 Å². The van der Waals surface area contributed by atoms with Crippen molar-refractivity contribution in [2.75, 3.05) is 13.1 Å². The lowest BCUT2D eigenvalue weighted by Crippen LogP contribution is -2.45. The van der Waals surface area contributed by atoms with Crippen molar-refractivity contribution in [3.05, 3.63) is 35.4 Å². The Labute approximate surface area is 117 Å². The Morgan fingerprint density at radius 3 is 2.74 bits per heavy atom. The summed E-state index contributed by atoms with van der Waals surface area (Å²) in [5.74, 6) is 0. The van der Waals surface area contributed by atoms with Crippen LogP contribution in [0.2, 0.25) is 0 Å². The van der Waals surface area contributed by atoms with E-state index in [0.717, 1.165) is 12.6 Å². The van der Waals surface area contributed by atoms with Gasteiger partial charge in [0.1, 0.15) is 0 Å². The van der Waals surface area contributed by atoms with E-state index in [1.165, 1.54) is 50.8 Å². The first-order chi connectivity index (χ1) is 9.36. The molecule has 2 aliphatic rings. The quantitative estimate of drug-likeness (QED) is 0.844. The Balaban J connectivity index is 1.58. The van der Waals surface area contributed by atoms with Gasteiger partial charge in [0.2, 0.25) is 0 Å². The second kappa shape index (κ2) is 6.06. The third-order valence-electron chi connectivity index (χ3n) is 4.48. The van der Waals surface area contributed by atoms with E-state index in [4.69, 9.17) is 0 Å². The average molecular weight is 258 g/mol. The molecule has 1 aromatic rings. The van der Waals surface area contributed by atoms with Crippen LogP contribution in [0.15, 0.2) is 24.3 Å². The lowest BCUT2D eigenvalue weighted by atomic mass is 9.95. The van der Waals surface area contributed by atoms with Crippen molar-refractivity contribution in [1.29, 1.82) is 0 Å². The van der Waals surface area contributed by atoms with Gasteiger partial charge in [0, 0.05) is 25.2 Å². The van der Waals surface area contributed by atoms with Crippen LogP contribution in [0.4, 0.5) is 0 Å². The van der Waals surface area contributed by atoms with Gasteiger partial charge in [-0.15, -0.1) is 0 Å². The van der Waals surface area contributed by atoms with Gasteiger partial charge in [-0.3, -0.25) is 4.90 Å². The second-order valence-corrected chi connectivity index (χ2v) is 6.13. The standard InChI is InChI=1S/C17H26N2/c1-2-3-10-19(17-8-9-17)13-16-11-14-6-4-5-7-15(14)12-18-16/h4-7,16-18H,2-3,8-13H2,1H3. The highest BCUT2D eigenvalue weighted by atomic mass is 15.2. The summed E-state index contributed by atoms with van der Waals surface area (Å²) < 4.78 is 0. The van der Waals surface area contributed by atoms with Crippen molar-refractivity contribution >= 4 is 0 Å². The lowest BCUT2D eigenvalue weighted by molar-refractivity contribution is 0.224. The molecule has 2 heteroatoms. The zero-order valence-corrected chi connectivity index (χ0v) is 12.1. The van der Waals surface area contributed by atoms with E-state index in [0.29, 0.717) is 6.04 Å². The molecule has 0 aromatic heterocycles. The van der Waals surface area contributed by atoms with Gasteiger partial charge in [-0.2, -0.15) is 0 Å². The smallest absolute Gasteiger partial charge is 0.0238 e. The SMILES string of the molecule is CCCCN(CC1Cc2ccccc2CN1)C1CC1. The molecule has 0 bridgehead atoms. The Morgan fingerprint density at radius 1 is 1.21 bits per heavy atom. The van der Waals surface area contributed by atoms with E-state index >= 15 is 0 Å². The number of hydrogen-bond acceptors (Lipinski definition) is 2. The van der Waals surface area contributed by atoms with Gasteiger partial charge in [-0.1, -0.05) is 37.6 Å². The van der Waals surface area contributed by atoms with E-state index in [1.54, 1.807) is 5.56 Å². The predicted molar refractivity (Wildman–Crippen MR) is 80.3 cm³/mol. The number of nitrogens with one attached hydrogen (secondary N) is 1. The van der Waals surface area contributed by atoms with Gasteiger partial charge in [0.05, 0.1) is 0 Å². The van der Waals surface area contributed by atoms with Crippen molar-refractivity contribution in [3.8, 4) is 0 Å². The molecular weight excluding hydrogens is 232 g/mol. The number of benzene rings is 1. The highest BCUT2D eigenvalue weighted by molar-refractivity contribution is 5.30. The number of hydrogen-bond donors (Lipinski definition) is 1. The summed E-state index contributed by atoms with van der Waals surface area (Å²) in [6, 6.07) is 10.4. The molecule has 0 radical (unpaired) electrons. The maximum Gasteiger partial charge on any atom is 0.0238 e. The number of nitrogens with zero attached hydrogens (tertiary/aromatic N) is 1. The molecule has 1 unspecified atom stereocenters.